The van der Waals surface area contributed by atoms with Crippen LogP contribution in [0.1, 0.15) is 13.8 Å². The third kappa shape index (κ3) is 4.51. The maximum atomic E-state index is 10.4. The van der Waals surface area contributed by atoms with Crippen LogP contribution in [0.25, 0.3) is 0 Å². The van der Waals surface area contributed by atoms with Crippen molar-refractivity contribution < 1.29 is 19.4 Å². The number of nitrogens with two attached hydrogens (primary N) is 1. The SMILES string of the molecule is CC(=O)OC(C)CN(N)C(=O)O. The van der Waals surface area contributed by atoms with Gasteiger partial charge in [-0.25, -0.2) is 15.6 Å². The Morgan fingerprint density at radius 2 is 2.17 bits per heavy atom. The lowest BCUT2D eigenvalue weighted by atomic mass is 10.4. The van der Waals surface area contributed by atoms with Crippen LogP contribution in [0.15, 0.2) is 0 Å². The van der Waals surface area contributed by atoms with E-state index in [1.54, 1.807) is 6.92 Å². The van der Waals surface area contributed by atoms with Gasteiger partial charge in [0.05, 0.1) is 6.54 Å². The summed E-state index contributed by atoms with van der Waals surface area (Å²) < 4.78 is 4.65. The van der Waals surface area contributed by atoms with Gasteiger partial charge in [0, 0.05) is 6.92 Å². The predicted molar refractivity (Wildman–Crippen MR) is 40.1 cm³/mol. The number of amides is 1. The highest BCUT2D eigenvalue weighted by atomic mass is 16.5. The molecule has 0 rings (SSSR count). The van der Waals surface area contributed by atoms with Gasteiger partial charge in [0.2, 0.25) is 0 Å². The van der Waals surface area contributed by atoms with Crippen LogP contribution in [0.2, 0.25) is 0 Å². The van der Waals surface area contributed by atoms with Crippen molar-refractivity contribution in [2.75, 3.05) is 6.54 Å². The molecule has 1 unspecified atom stereocenters. The first kappa shape index (κ1) is 10.7. The van der Waals surface area contributed by atoms with Crippen LogP contribution in [0.5, 0.6) is 0 Å². The van der Waals surface area contributed by atoms with E-state index in [-0.39, 0.29) is 6.54 Å². The monoisotopic (exact) mass is 176 g/mol. The highest BCUT2D eigenvalue weighted by Crippen LogP contribution is 1.93. The number of carboxylic acid groups (broad SMARTS) is 1. The second kappa shape index (κ2) is 4.55. The van der Waals surface area contributed by atoms with E-state index in [4.69, 9.17) is 10.9 Å². The standard InChI is InChI=1S/C6H12N2O4/c1-4(12-5(2)9)3-8(7)6(10)11/h4H,3,7H2,1-2H3,(H,10,11). The molecule has 0 bridgehead atoms. The Labute approximate surface area is 69.9 Å². The molecule has 0 saturated heterocycles. The number of rotatable bonds is 3. The minimum atomic E-state index is -1.26. The van der Waals surface area contributed by atoms with Crippen molar-refractivity contribution in [3.05, 3.63) is 0 Å². The third-order valence-corrected chi connectivity index (χ3v) is 1.07. The number of hydrogen-bond acceptors (Lipinski definition) is 4. The Hall–Kier alpha value is -1.30. The molecule has 0 aliphatic rings. The van der Waals surface area contributed by atoms with Gasteiger partial charge in [-0.2, -0.15) is 0 Å². The third-order valence-electron chi connectivity index (χ3n) is 1.07. The minimum Gasteiger partial charge on any atom is -0.464 e. The second-order valence-corrected chi connectivity index (χ2v) is 2.35. The molecule has 0 aliphatic carbocycles. The number of nitrogens with zero attached hydrogens (tertiary/aromatic N) is 1. The van der Waals surface area contributed by atoms with Crippen LogP contribution >= 0.6 is 0 Å². The van der Waals surface area contributed by atoms with E-state index in [0.29, 0.717) is 5.01 Å². The molecule has 0 fully saturated rings. The normalized spacial score (nSPS) is 11.9. The van der Waals surface area contributed by atoms with Crippen molar-refractivity contribution >= 4 is 12.1 Å². The molecule has 3 N–H and O–H groups in total. The maximum absolute atomic E-state index is 10.4. The molecule has 0 saturated carbocycles. The molecule has 12 heavy (non-hydrogen) atoms. The van der Waals surface area contributed by atoms with Gasteiger partial charge in [-0.15, -0.1) is 0 Å². The summed E-state index contributed by atoms with van der Waals surface area (Å²) in [6.07, 6.45) is -1.78. The van der Waals surface area contributed by atoms with Crippen LogP contribution in [-0.2, 0) is 9.53 Å². The molecule has 0 heterocycles. The Morgan fingerprint density at radius 3 is 2.50 bits per heavy atom. The Morgan fingerprint density at radius 1 is 1.67 bits per heavy atom. The van der Waals surface area contributed by atoms with Gasteiger partial charge in [0.1, 0.15) is 6.10 Å². The van der Waals surface area contributed by atoms with Crippen molar-refractivity contribution in [1.29, 1.82) is 0 Å². The van der Waals surface area contributed by atoms with Crippen LogP contribution in [0.3, 0.4) is 0 Å². The zero-order valence-corrected chi connectivity index (χ0v) is 6.98. The minimum absolute atomic E-state index is 0.0328. The molecule has 6 nitrogen and oxygen atoms in total. The number of carbonyl (C=O) groups excluding carboxylic acids is 1. The van der Waals surface area contributed by atoms with Crippen LogP contribution in [-0.4, -0.2) is 34.8 Å². The van der Waals surface area contributed by atoms with E-state index in [9.17, 15) is 9.59 Å². The summed E-state index contributed by atoms with van der Waals surface area (Å²) in [5.41, 5.74) is 0. The summed E-state index contributed by atoms with van der Waals surface area (Å²) >= 11 is 0. The molecule has 0 aromatic rings. The molecular weight excluding hydrogens is 164 g/mol. The highest BCUT2D eigenvalue weighted by molar-refractivity contribution is 5.66. The van der Waals surface area contributed by atoms with E-state index in [0.717, 1.165) is 0 Å². The van der Waals surface area contributed by atoms with Gasteiger partial charge in [-0.05, 0) is 6.92 Å². The lowest BCUT2D eigenvalue weighted by Gasteiger charge is -2.17. The molecule has 6 heteroatoms. The van der Waals surface area contributed by atoms with Crippen molar-refractivity contribution in [2.24, 2.45) is 5.84 Å². The van der Waals surface area contributed by atoms with Gasteiger partial charge < -0.3 is 9.84 Å². The number of hydrogen-bond donors (Lipinski definition) is 2. The second-order valence-electron chi connectivity index (χ2n) is 2.35. The molecule has 1 amide bonds. The Bertz CT molecular complexity index is 182. The van der Waals surface area contributed by atoms with Gasteiger partial charge >= 0.3 is 12.1 Å². The summed E-state index contributed by atoms with van der Waals surface area (Å²) in [6.45, 7) is 2.78. The quantitative estimate of drug-likeness (QED) is 0.268. The summed E-state index contributed by atoms with van der Waals surface area (Å²) in [5.74, 6) is 4.58. The number of carbonyl (C=O) groups is 2. The Balaban J connectivity index is 3.76. The summed E-state index contributed by atoms with van der Waals surface area (Å²) in [7, 11) is 0. The smallest absolute Gasteiger partial charge is 0.421 e. The summed E-state index contributed by atoms with van der Waals surface area (Å²) in [5, 5.41) is 8.89. The van der Waals surface area contributed by atoms with E-state index >= 15 is 0 Å². The predicted octanol–water partition coefficient (Wildman–Crippen LogP) is -0.208. The zero-order chi connectivity index (χ0) is 9.72. The fourth-order valence-electron chi connectivity index (χ4n) is 0.676. The molecule has 1 atom stereocenters. The lowest BCUT2D eigenvalue weighted by molar-refractivity contribution is -0.146. The largest absolute Gasteiger partial charge is 0.464 e. The molecule has 0 aromatic carbocycles. The van der Waals surface area contributed by atoms with Gasteiger partial charge in [-0.3, -0.25) is 4.79 Å². The van der Waals surface area contributed by atoms with Crippen molar-refractivity contribution in [3.8, 4) is 0 Å². The molecule has 0 spiro atoms. The number of ether oxygens (including phenoxy) is 1. The Kier molecular flexibility index (Phi) is 4.06. The maximum Gasteiger partial charge on any atom is 0.421 e. The van der Waals surface area contributed by atoms with Crippen LogP contribution in [0, 0.1) is 0 Å². The fourth-order valence-corrected chi connectivity index (χ4v) is 0.676. The first-order valence-electron chi connectivity index (χ1n) is 3.36. The van der Waals surface area contributed by atoms with Crippen molar-refractivity contribution in [2.45, 2.75) is 20.0 Å². The van der Waals surface area contributed by atoms with E-state index in [2.05, 4.69) is 4.74 Å². The van der Waals surface area contributed by atoms with E-state index in [1.165, 1.54) is 6.92 Å². The van der Waals surface area contributed by atoms with E-state index < -0.39 is 18.2 Å². The van der Waals surface area contributed by atoms with Crippen molar-refractivity contribution in [3.63, 3.8) is 0 Å². The molecular formula is C6H12N2O4. The van der Waals surface area contributed by atoms with Crippen LogP contribution in [0.4, 0.5) is 4.79 Å². The summed E-state index contributed by atoms with van der Waals surface area (Å²) in [4.78, 5) is 20.6. The number of esters is 1. The molecule has 70 valence electrons. The topological polar surface area (TPSA) is 92.9 Å². The van der Waals surface area contributed by atoms with Crippen molar-refractivity contribution in [1.82, 2.24) is 5.01 Å². The molecule has 0 radical (unpaired) electrons. The first-order chi connectivity index (χ1) is 5.43. The van der Waals surface area contributed by atoms with Gasteiger partial charge in [0.25, 0.3) is 0 Å². The van der Waals surface area contributed by atoms with Crippen LogP contribution < -0.4 is 5.84 Å². The first-order valence-corrected chi connectivity index (χ1v) is 3.36. The number of hydrazine groups is 1. The fraction of sp³-hybridized carbons (Fsp3) is 0.667. The zero-order valence-electron chi connectivity index (χ0n) is 6.98. The van der Waals surface area contributed by atoms with Gasteiger partial charge in [0.15, 0.2) is 0 Å². The lowest BCUT2D eigenvalue weighted by Crippen LogP contribution is -2.42. The molecule has 0 aliphatic heterocycles. The van der Waals surface area contributed by atoms with Gasteiger partial charge in [-0.1, -0.05) is 0 Å². The van der Waals surface area contributed by atoms with E-state index in [1.807, 2.05) is 0 Å². The average molecular weight is 176 g/mol. The highest BCUT2D eigenvalue weighted by Gasteiger charge is 2.12. The molecule has 0 aromatic heterocycles. The summed E-state index contributed by atoms with van der Waals surface area (Å²) in [6, 6.07) is 0. The average Bonchev–Trinajstić information content (AvgIpc) is 1.84.